The Labute approximate surface area is 212 Å². The number of amides is 1. The number of carbonyl (C=O) groups excluding carboxylic acids is 1. The van der Waals surface area contributed by atoms with Crippen LogP contribution >= 0.6 is 24.0 Å². The van der Waals surface area contributed by atoms with Gasteiger partial charge in [-0.1, -0.05) is 24.3 Å². The molecule has 1 heterocycles. The molecule has 2 aromatic rings. The van der Waals surface area contributed by atoms with Crippen LogP contribution < -0.4 is 16.0 Å². The fourth-order valence-corrected chi connectivity index (χ4v) is 3.67. The molecule has 180 valence electrons. The zero-order chi connectivity index (χ0) is 22.8. The maximum absolute atomic E-state index is 13.4. The van der Waals surface area contributed by atoms with Crippen molar-refractivity contribution >= 4 is 35.8 Å². The molecule has 0 saturated carbocycles. The van der Waals surface area contributed by atoms with Crippen molar-refractivity contribution in [2.24, 2.45) is 4.99 Å². The highest BCUT2D eigenvalue weighted by molar-refractivity contribution is 14.0. The number of nitrogens with zero attached hydrogens (tertiary/aromatic N) is 2. The molecule has 9 heteroatoms. The zero-order valence-corrected chi connectivity index (χ0v) is 21.5. The molecule has 0 radical (unpaired) electrons. The summed E-state index contributed by atoms with van der Waals surface area (Å²) < 4.78 is 18.9. The molecule has 7 nitrogen and oxygen atoms in total. The smallest absolute Gasteiger partial charge is 0.251 e. The lowest BCUT2D eigenvalue weighted by Crippen LogP contribution is -2.46. The van der Waals surface area contributed by atoms with Crippen LogP contribution in [0, 0.1) is 5.82 Å². The maximum Gasteiger partial charge on any atom is 0.251 e. The molecule has 1 saturated heterocycles. The largest absolute Gasteiger partial charge is 0.379 e. The van der Waals surface area contributed by atoms with Crippen LogP contribution in [-0.4, -0.2) is 63.2 Å². The Bertz CT molecular complexity index is 887. The van der Waals surface area contributed by atoms with Gasteiger partial charge in [0, 0.05) is 45.3 Å². The molecule has 1 aliphatic heterocycles. The van der Waals surface area contributed by atoms with Crippen LogP contribution in [0.2, 0.25) is 0 Å². The van der Waals surface area contributed by atoms with Crippen molar-refractivity contribution in [3.8, 4) is 0 Å². The molecule has 1 unspecified atom stereocenters. The molecule has 1 amide bonds. The van der Waals surface area contributed by atoms with Crippen LogP contribution in [0.1, 0.15) is 34.5 Å². The summed E-state index contributed by atoms with van der Waals surface area (Å²) in [6.45, 7) is 6.74. The van der Waals surface area contributed by atoms with Gasteiger partial charge in [0.25, 0.3) is 5.91 Å². The van der Waals surface area contributed by atoms with Gasteiger partial charge in [-0.15, -0.1) is 24.0 Å². The third-order valence-corrected chi connectivity index (χ3v) is 5.44. The monoisotopic (exact) mass is 569 g/mol. The van der Waals surface area contributed by atoms with Gasteiger partial charge in [-0.05, 0) is 42.3 Å². The quantitative estimate of drug-likeness (QED) is 0.259. The second kappa shape index (κ2) is 14.1. The van der Waals surface area contributed by atoms with Crippen molar-refractivity contribution in [2.75, 3.05) is 46.4 Å². The molecule has 0 spiro atoms. The van der Waals surface area contributed by atoms with Gasteiger partial charge >= 0.3 is 0 Å². The molecule has 33 heavy (non-hydrogen) atoms. The summed E-state index contributed by atoms with van der Waals surface area (Å²) in [6.07, 6.45) is 0. The maximum atomic E-state index is 13.4. The normalized spacial score (nSPS) is 15.3. The van der Waals surface area contributed by atoms with Gasteiger partial charge in [-0.3, -0.25) is 14.7 Å². The van der Waals surface area contributed by atoms with Crippen molar-refractivity contribution in [1.29, 1.82) is 0 Å². The lowest BCUT2D eigenvalue weighted by atomic mass is 10.0. The van der Waals surface area contributed by atoms with Gasteiger partial charge in [-0.25, -0.2) is 4.39 Å². The zero-order valence-electron chi connectivity index (χ0n) is 19.1. The highest BCUT2D eigenvalue weighted by Gasteiger charge is 2.23. The predicted molar refractivity (Wildman–Crippen MR) is 140 cm³/mol. The number of benzene rings is 2. The lowest BCUT2D eigenvalue weighted by molar-refractivity contribution is 0.0170. The van der Waals surface area contributed by atoms with Crippen LogP contribution in [0.5, 0.6) is 0 Å². The van der Waals surface area contributed by atoms with Crippen molar-refractivity contribution in [1.82, 2.24) is 20.9 Å². The Balaban J connectivity index is 0.00000385. The molecule has 1 aliphatic rings. The van der Waals surface area contributed by atoms with E-state index in [9.17, 15) is 9.18 Å². The van der Waals surface area contributed by atoms with E-state index < -0.39 is 0 Å². The Kier molecular flexibility index (Phi) is 11.6. The second-order valence-electron chi connectivity index (χ2n) is 7.58. The highest BCUT2D eigenvalue weighted by Crippen LogP contribution is 2.21. The number of hydrogen-bond donors (Lipinski definition) is 3. The standard InChI is InChI=1S/C24H32FN5O2.HI/c1-3-27-23(31)20-6-4-18(5-7-20)16-28-24(26-2)29-17-22(30-12-14-32-15-13-30)19-8-10-21(25)11-9-19;/h4-11,22H,3,12-17H2,1-2H3,(H,27,31)(H2,26,28,29);1H. The molecule has 3 N–H and O–H groups in total. The SMILES string of the molecule is CCNC(=O)c1ccc(CNC(=NC)NCC(c2ccc(F)cc2)N2CCOCC2)cc1.I. The fourth-order valence-electron chi connectivity index (χ4n) is 3.67. The third-order valence-electron chi connectivity index (χ3n) is 5.44. The Morgan fingerprint density at radius 1 is 1.06 bits per heavy atom. The third kappa shape index (κ3) is 8.24. The molecule has 3 rings (SSSR count). The summed E-state index contributed by atoms with van der Waals surface area (Å²) >= 11 is 0. The Morgan fingerprint density at radius 3 is 2.33 bits per heavy atom. The van der Waals surface area contributed by atoms with E-state index in [0.717, 1.165) is 24.2 Å². The fraction of sp³-hybridized carbons (Fsp3) is 0.417. The van der Waals surface area contributed by atoms with Crippen LogP contribution in [0.4, 0.5) is 4.39 Å². The van der Waals surface area contributed by atoms with Crippen molar-refractivity contribution < 1.29 is 13.9 Å². The number of guanidine groups is 1. The first-order valence-corrected chi connectivity index (χ1v) is 11.0. The summed E-state index contributed by atoms with van der Waals surface area (Å²) in [4.78, 5) is 18.6. The van der Waals surface area contributed by atoms with Crippen LogP contribution in [0.3, 0.4) is 0 Å². The number of halogens is 2. The average molecular weight is 569 g/mol. The van der Waals surface area contributed by atoms with Crippen molar-refractivity contribution in [2.45, 2.75) is 19.5 Å². The molecule has 0 bridgehead atoms. The first-order chi connectivity index (χ1) is 15.6. The van der Waals surface area contributed by atoms with Crippen LogP contribution in [-0.2, 0) is 11.3 Å². The van der Waals surface area contributed by atoms with E-state index in [0.29, 0.717) is 44.4 Å². The summed E-state index contributed by atoms with van der Waals surface area (Å²) in [7, 11) is 1.73. The molecule has 0 aliphatic carbocycles. The second-order valence-corrected chi connectivity index (χ2v) is 7.58. The van der Waals surface area contributed by atoms with E-state index in [-0.39, 0.29) is 41.7 Å². The molecule has 1 atom stereocenters. The number of aliphatic imine (C=N–C) groups is 1. The van der Waals surface area contributed by atoms with E-state index in [4.69, 9.17) is 4.74 Å². The minimum Gasteiger partial charge on any atom is -0.379 e. The predicted octanol–water partition coefficient (Wildman–Crippen LogP) is 2.93. The minimum atomic E-state index is -0.238. The summed E-state index contributed by atoms with van der Waals surface area (Å²) in [5.74, 6) is 0.371. The van der Waals surface area contributed by atoms with Gasteiger partial charge < -0.3 is 20.7 Å². The first kappa shape index (κ1) is 27.0. The summed E-state index contributed by atoms with van der Waals surface area (Å²) in [5, 5.41) is 9.50. The Morgan fingerprint density at radius 2 is 1.73 bits per heavy atom. The highest BCUT2D eigenvalue weighted by atomic mass is 127. The first-order valence-electron chi connectivity index (χ1n) is 11.0. The van der Waals surface area contributed by atoms with Gasteiger partial charge in [0.2, 0.25) is 0 Å². The summed E-state index contributed by atoms with van der Waals surface area (Å²) in [5.41, 5.74) is 2.74. The molecule has 2 aromatic carbocycles. The van der Waals surface area contributed by atoms with Gasteiger partial charge in [0.05, 0.1) is 19.3 Å². The van der Waals surface area contributed by atoms with Gasteiger partial charge in [0.1, 0.15) is 5.82 Å². The minimum absolute atomic E-state index is 0. The van der Waals surface area contributed by atoms with E-state index >= 15 is 0 Å². The average Bonchev–Trinajstić information content (AvgIpc) is 2.83. The van der Waals surface area contributed by atoms with Crippen molar-refractivity contribution in [3.05, 3.63) is 71.0 Å². The topological polar surface area (TPSA) is 78.0 Å². The Hall–Kier alpha value is -2.24. The number of morpholine rings is 1. The van der Waals surface area contributed by atoms with E-state index in [1.165, 1.54) is 12.1 Å². The van der Waals surface area contributed by atoms with E-state index in [1.54, 1.807) is 7.05 Å². The van der Waals surface area contributed by atoms with Crippen LogP contribution in [0.15, 0.2) is 53.5 Å². The molecular weight excluding hydrogens is 536 g/mol. The van der Waals surface area contributed by atoms with E-state index in [1.807, 2.05) is 43.3 Å². The molecule has 0 aromatic heterocycles. The van der Waals surface area contributed by atoms with Gasteiger partial charge in [-0.2, -0.15) is 0 Å². The number of ether oxygens (including phenoxy) is 1. The van der Waals surface area contributed by atoms with E-state index in [2.05, 4.69) is 25.8 Å². The number of carbonyl (C=O) groups is 1. The summed E-state index contributed by atoms with van der Waals surface area (Å²) in [6, 6.07) is 14.3. The van der Waals surface area contributed by atoms with Gasteiger partial charge in [0.15, 0.2) is 5.96 Å². The van der Waals surface area contributed by atoms with Crippen LogP contribution in [0.25, 0.3) is 0 Å². The van der Waals surface area contributed by atoms with Crippen molar-refractivity contribution in [3.63, 3.8) is 0 Å². The number of nitrogens with one attached hydrogen (secondary N) is 3. The molecular formula is C24H33FIN5O2. The lowest BCUT2D eigenvalue weighted by Gasteiger charge is -2.35. The molecule has 1 fully saturated rings. The number of rotatable bonds is 8. The number of hydrogen-bond acceptors (Lipinski definition) is 4.